The van der Waals surface area contributed by atoms with Gasteiger partial charge in [-0.2, -0.15) is 0 Å². The Hall–Kier alpha value is -1.62. The van der Waals surface area contributed by atoms with E-state index in [-0.39, 0.29) is 5.57 Å². The van der Waals surface area contributed by atoms with E-state index in [1.54, 1.807) is 20.8 Å². The summed E-state index contributed by atoms with van der Waals surface area (Å²) >= 11 is 0. The zero-order valence-corrected chi connectivity index (χ0v) is 13.4. The van der Waals surface area contributed by atoms with E-state index in [2.05, 4.69) is 0 Å². The number of carboxylic acids is 1. The lowest BCUT2D eigenvalue weighted by Gasteiger charge is -2.27. The van der Waals surface area contributed by atoms with Gasteiger partial charge >= 0.3 is 5.97 Å². The Morgan fingerprint density at radius 2 is 1.75 bits per heavy atom. The lowest BCUT2D eigenvalue weighted by molar-refractivity contribution is -0.176. The van der Waals surface area contributed by atoms with E-state index in [1.807, 2.05) is 13.8 Å². The normalized spacial score (nSPS) is 13.9. The van der Waals surface area contributed by atoms with Crippen molar-refractivity contribution in [2.75, 3.05) is 7.11 Å². The summed E-state index contributed by atoms with van der Waals surface area (Å²) in [7, 11) is 1.49. The van der Waals surface area contributed by atoms with Crippen LogP contribution in [-0.2, 0) is 19.1 Å². The largest absolute Gasteiger partial charge is 0.478 e. The van der Waals surface area contributed by atoms with Crippen LogP contribution < -0.4 is 0 Å². The molecule has 0 radical (unpaired) electrons. The van der Waals surface area contributed by atoms with Crippen LogP contribution in [0, 0.1) is 5.92 Å². The molecule has 0 aliphatic carbocycles. The molecule has 0 saturated carbocycles. The van der Waals surface area contributed by atoms with Gasteiger partial charge in [0.15, 0.2) is 0 Å². The molecule has 0 rings (SSSR count). The molecule has 116 valence electrons. The second kappa shape index (κ2) is 10.2. The third kappa shape index (κ3) is 8.48. The maximum absolute atomic E-state index is 10.8. The molecule has 0 amide bonds. The van der Waals surface area contributed by atoms with Crippen molar-refractivity contribution in [2.24, 2.45) is 5.92 Å². The first-order valence-corrected chi connectivity index (χ1v) is 6.54. The van der Waals surface area contributed by atoms with Gasteiger partial charge < -0.3 is 19.4 Å². The van der Waals surface area contributed by atoms with Crippen LogP contribution in [0.5, 0.6) is 0 Å². The topological polar surface area (TPSA) is 72.8 Å². The summed E-state index contributed by atoms with van der Waals surface area (Å²) in [6.07, 6.45) is 3.59. The maximum Gasteiger partial charge on any atom is 0.331 e. The molecule has 0 spiro atoms. The highest BCUT2D eigenvalue weighted by Crippen LogP contribution is 2.20. The van der Waals surface area contributed by atoms with E-state index in [4.69, 9.17) is 14.6 Å². The van der Waals surface area contributed by atoms with Gasteiger partial charge in [-0.3, -0.25) is 0 Å². The van der Waals surface area contributed by atoms with Crippen molar-refractivity contribution >= 4 is 12.3 Å². The average Bonchev–Trinajstić information content (AvgIpc) is 2.44. The Morgan fingerprint density at radius 1 is 1.25 bits per heavy atom. The highest BCUT2D eigenvalue weighted by Gasteiger charge is 2.22. The third-order valence-electron chi connectivity index (χ3n) is 2.34. The highest BCUT2D eigenvalue weighted by atomic mass is 16.7. The SMILES string of the molecule is CC.COC(C)(C)O/C(=C/C=C(\C)C(=O)O)C(C)C=O. The van der Waals surface area contributed by atoms with E-state index in [1.165, 1.54) is 26.2 Å². The fraction of sp³-hybridized carbons (Fsp3) is 0.600. The van der Waals surface area contributed by atoms with E-state index >= 15 is 0 Å². The summed E-state index contributed by atoms with van der Waals surface area (Å²) < 4.78 is 10.6. The smallest absolute Gasteiger partial charge is 0.331 e. The van der Waals surface area contributed by atoms with Gasteiger partial charge in [0.1, 0.15) is 12.0 Å². The van der Waals surface area contributed by atoms with Gasteiger partial charge in [-0.05, 0) is 26.0 Å². The highest BCUT2D eigenvalue weighted by molar-refractivity contribution is 5.86. The minimum absolute atomic E-state index is 0.157. The number of hydrogen-bond acceptors (Lipinski definition) is 4. The number of methoxy groups -OCH3 is 1. The van der Waals surface area contributed by atoms with E-state index in [0.717, 1.165) is 6.29 Å². The van der Waals surface area contributed by atoms with Crippen molar-refractivity contribution in [3.05, 3.63) is 23.5 Å². The van der Waals surface area contributed by atoms with Crippen molar-refractivity contribution in [1.82, 2.24) is 0 Å². The summed E-state index contributed by atoms with van der Waals surface area (Å²) in [5.41, 5.74) is 0.157. The molecule has 1 atom stereocenters. The van der Waals surface area contributed by atoms with Gasteiger partial charge in [0.05, 0.1) is 5.92 Å². The van der Waals surface area contributed by atoms with Gasteiger partial charge in [0.25, 0.3) is 0 Å². The lowest BCUT2D eigenvalue weighted by Crippen LogP contribution is -2.28. The van der Waals surface area contributed by atoms with E-state index < -0.39 is 17.7 Å². The standard InChI is InChI=1S/C13H20O5.C2H6/c1-9(12(15)16)6-7-11(10(2)8-14)18-13(3,4)17-5;1-2/h6-8,10H,1-5H3,(H,15,16);1-2H3/b9-6+,11-7+;. The Balaban J connectivity index is 0. The third-order valence-corrected chi connectivity index (χ3v) is 2.34. The van der Waals surface area contributed by atoms with Gasteiger partial charge in [0.2, 0.25) is 5.79 Å². The quantitative estimate of drug-likeness (QED) is 0.256. The minimum Gasteiger partial charge on any atom is -0.478 e. The van der Waals surface area contributed by atoms with Crippen molar-refractivity contribution in [3.8, 4) is 0 Å². The number of aliphatic carboxylic acids is 1. The van der Waals surface area contributed by atoms with Crippen molar-refractivity contribution < 1.29 is 24.2 Å². The van der Waals surface area contributed by atoms with Crippen LogP contribution in [0.4, 0.5) is 0 Å². The molecule has 1 N–H and O–H groups in total. The molecular weight excluding hydrogens is 260 g/mol. The van der Waals surface area contributed by atoms with E-state index in [0.29, 0.717) is 5.76 Å². The fourth-order valence-corrected chi connectivity index (χ4v) is 0.950. The van der Waals surface area contributed by atoms with Crippen LogP contribution in [0.15, 0.2) is 23.5 Å². The Kier molecular flexibility index (Phi) is 10.6. The summed E-state index contributed by atoms with van der Waals surface area (Å²) in [5.74, 6) is -2.02. The van der Waals surface area contributed by atoms with Crippen LogP contribution in [0.2, 0.25) is 0 Å². The molecule has 1 unspecified atom stereocenters. The predicted octanol–water partition coefficient (Wildman–Crippen LogP) is 3.16. The second-order valence-corrected chi connectivity index (χ2v) is 4.35. The predicted molar refractivity (Wildman–Crippen MR) is 78.2 cm³/mol. The molecule has 5 nitrogen and oxygen atoms in total. The molecule has 0 fully saturated rings. The minimum atomic E-state index is -1.02. The molecule has 0 aliphatic rings. The van der Waals surface area contributed by atoms with Crippen LogP contribution in [0.25, 0.3) is 0 Å². The summed E-state index contributed by atoms with van der Waals surface area (Å²) in [4.78, 5) is 21.5. The van der Waals surface area contributed by atoms with Crippen molar-refractivity contribution in [1.29, 1.82) is 0 Å². The lowest BCUT2D eigenvalue weighted by atomic mass is 10.1. The molecule has 0 aromatic rings. The molecule has 0 heterocycles. The number of ether oxygens (including phenoxy) is 2. The molecule has 0 bridgehead atoms. The number of aldehydes is 1. The Labute approximate surface area is 121 Å². The van der Waals surface area contributed by atoms with Crippen LogP contribution in [0.1, 0.15) is 41.5 Å². The molecule has 20 heavy (non-hydrogen) atoms. The summed E-state index contributed by atoms with van der Waals surface area (Å²) in [6, 6.07) is 0. The number of carbonyl (C=O) groups excluding carboxylic acids is 1. The molecule has 0 aromatic heterocycles. The Morgan fingerprint density at radius 3 is 2.10 bits per heavy atom. The number of carboxylic acid groups (broad SMARTS) is 1. The second-order valence-electron chi connectivity index (χ2n) is 4.35. The zero-order chi connectivity index (χ0) is 16.3. The molecule has 0 saturated heterocycles. The van der Waals surface area contributed by atoms with Crippen molar-refractivity contribution in [2.45, 2.75) is 47.3 Å². The maximum atomic E-state index is 10.8. The fourth-order valence-electron chi connectivity index (χ4n) is 0.950. The summed E-state index contributed by atoms with van der Waals surface area (Å²) in [6.45, 7) is 10.5. The molecule has 5 heteroatoms. The number of rotatable bonds is 7. The molecule has 0 aromatic carbocycles. The van der Waals surface area contributed by atoms with Crippen LogP contribution in [0.3, 0.4) is 0 Å². The molecule has 0 aliphatic heterocycles. The van der Waals surface area contributed by atoms with Gasteiger partial charge in [-0.25, -0.2) is 4.79 Å². The van der Waals surface area contributed by atoms with Crippen LogP contribution in [-0.4, -0.2) is 30.3 Å². The first-order valence-electron chi connectivity index (χ1n) is 6.54. The average molecular weight is 286 g/mol. The zero-order valence-electron chi connectivity index (χ0n) is 13.4. The first kappa shape index (κ1) is 20.7. The van der Waals surface area contributed by atoms with Crippen LogP contribution >= 0.6 is 0 Å². The first-order chi connectivity index (χ1) is 9.23. The monoisotopic (exact) mass is 286 g/mol. The number of carbonyl (C=O) groups is 2. The number of hydrogen-bond donors (Lipinski definition) is 1. The molecular formula is C15H26O5. The Bertz CT molecular complexity index is 366. The summed E-state index contributed by atoms with van der Waals surface area (Å²) in [5, 5.41) is 8.74. The van der Waals surface area contributed by atoms with Crippen molar-refractivity contribution in [3.63, 3.8) is 0 Å². The van der Waals surface area contributed by atoms with Gasteiger partial charge in [0, 0.05) is 26.5 Å². The van der Waals surface area contributed by atoms with E-state index in [9.17, 15) is 9.59 Å². The van der Waals surface area contributed by atoms with Gasteiger partial charge in [-0.15, -0.1) is 0 Å². The van der Waals surface area contributed by atoms with Gasteiger partial charge in [-0.1, -0.05) is 13.8 Å². The number of allylic oxidation sites excluding steroid dienone is 3.